The zero-order valence-corrected chi connectivity index (χ0v) is 17.0. The molecule has 2 heterocycles. The molecule has 0 aliphatic carbocycles. The number of ether oxygens (including phenoxy) is 2. The van der Waals surface area contributed by atoms with Crippen molar-refractivity contribution in [3.63, 3.8) is 0 Å². The number of carbonyl (C=O) groups is 1. The molecule has 0 bridgehead atoms. The molecule has 0 unspecified atom stereocenters. The maximum absolute atomic E-state index is 13.9. The maximum atomic E-state index is 13.9. The molecule has 0 spiro atoms. The Morgan fingerprint density at radius 3 is 2.41 bits per heavy atom. The van der Waals surface area contributed by atoms with Crippen molar-refractivity contribution in [3.8, 4) is 11.5 Å². The SMILES string of the molecule is CCOc1ccc(OCC(=O)N2CCN(c3nc4c(F)cccc4s3)CC2)cc1. The van der Waals surface area contributed by atoms with Crippen LogP contribution in [0.1, 0.15) is 6.92 Å². The number of hydrogen-bond acceptors (Lipinski definition) is 6. The predicted molar refractivity (Wildman–Crippen MR) is 111 cm³/mol. The summed E-state index contributed by atoms with van der Waals surface area (Å²) in [7, 11) is 0. The minimum Gasteiger partial charge on any atom is -0.494 e. The molecule has 2 aromatic carbocycles. The maximum Gasteiger partial charge on any atom is 0.260 e. The van der Waals surface area contributed by atoms with Crippen LogP contribution in [0, 0.1) is 5.82 Å². The second kappa shape index (κ2) is 8.65. The molecular weight excluding hydrogens is 393 g/mol. The molecule has 1 aliphatic rings. The van der Waals surface area contributed by atoms with Crippen molar-refractivity contribution in [3.05, 3.63) is 48.3 Å². The van der Waals surface area contributed by atoms with E-state index >= 15 is 0 Å². The average Bonchev–Trinajstić information content (AvgIpc) is 3.19. The number of halogens is 1. The number of anilines is 1. The van der Waals surface area contributed by atoms with Crippen LogP contribution in [0.4, 0.5) is 9.52 Å². The van der Waals surface area contributed by atoms with Gasteiger partial charge in [-0.2, -0.15) is 0 Å². The molecule has 0 radical (unpaired) electrons. The third kappa shape index (κ3) is 4.42. The molecule has 1 saturated heterocycles. The Hall–Kier alpha value is -2.87. The second-order valence-corrected chi connectivity index (χ2v) is 7.65. The van der Waals surface area contributed by atoms with Gasteiger partial charge in [0.25, 0.3) is 5.91 Å². The lowest BCUT2D eigenvalue weighted by Crippen LogP contribution is -2.50. The summed E-state index contributed by atoms with van der Waals surface area (Å²) in [4.78, 5) is 20.8. The summed E-state index contributed by atoms with van der Waals surface area (Å²) in [6.45, 7) is 5.04. The van der Waals surface area contributed by atoms with E-state index in [-0.39, 0.29) is 18.3 Å². The zero-order chi connectivity index (χ0) is 20.2. The number of hydrogen-bond donors (Lipinski definition) is 0. The summed E-state index contributed by atoms with van der Waals surface area (Å²) in [5, 5.41) is 0.794. The molecule has 1 aliphatic heterocycles. The number of piperazine rings is 1. The highest BCUT2D eigenvalue weighted by Gasteiger charge is 2.23. The van der Waals surface area contributed by atoms with Crippen molar-refractivity contribution in [2.24, 2.45) is 0 Å². The standard InChI is InChI=1S/C21H22FN3O3S/c1-2-27-15-6-8-16(9-7-15)28-14-19(26)24-10-12-25(13-11-24)21-23-20-17(22)4-3-5-18(20)29-21/h3-9H,2,10-14H2,1H3. The van der Waals surface area contributed by atoms with Crippen LogP contribution in [0.3, 0.4) is 0 Å². The van der Waals surface area contributed by atoms with E-state index in [1.54, 1.807) is 23.1 Å². The fourth-order valence-corrected chi connectivity index (χ4v) is 4.25. The van der Waals surface area contributed by atoms with E-state index in [9.17, 15) is 9.18 Å². The van der Waals surface area contributed by atoms with E-state index in [0.717, 1.165) is 15.6 Å². The second-order valence-electron chi connectivity index (χ2n) is 6.64. The van der Waals surface area contributed by atoms with E-state index in [0.29, 0.717) is 44.1 Å². The highest BCUT2D eigenvalue weighted by Crippen LogP contribution is 2.30. The fraction of sp³-hybridized carbons (Fsp3) is 0.333. The van der Waals surface area contributed by atoms with Crippen LogP contribution in [0.25, 0.3) is 10.2 Å². The number of amides is 1. The van der Waals surface area contributed by atoms with Crippen molar-refractivity contribution in [1.29, 1.82) is 0 Å². The quantitative estimate of drug-likeness (QED) is 0.616. The number of aromatic nitrogens is 1. The van der Waals surface area contributed by atoms with Crippen LogP contribution >= 0.6 is 11.3 Å². The van der Waals surface area contributed by atoms with Gasteiger partial charge in [-0.05, 0) is 43.3 Å². The Kier molecular flexibility index (Phi) is 5.80. The highest BCUT2D eigenvalue weighted by atomic mass is 32.1. The summed E-state index contributed by atoms with van der Waals surface area (Å²) in [5.74, 6) is 1.06. The smallest absolute Gasteiger partial charge is 0.260 e. The van der Waals surface area contributed by atoms with Crippen LogP contribution in [-0.4, -0.2) is 55.2 Å². The first kappa shape index (κ1) is 19.4. The van der Waals surface area contributed by atoms with E-state index in [1.807, 2.05) is 25.1 Å². The van der Waals surface area contributed by atoms with Gasteiger partial charge >= 0.3 is 0 Å². The van der Waals surface area contributed by atoms with Gasteiger partial charge in [0.15, 0.2) is 11.7 Å². The van der Waals surface area contributed by atoms with Crippen molar-refractivity contribution < 1.29 is 18.7 Å². The molecule has 3 aromatic rings. The number of rotatable bonds is 6. The van der Waals surface area contributed by atoms with Gasteiger partial charge in [0.2, 0.25) is 0 Å². The molecule has 6 nitrogen and oxygen atoms in total. The Morgan fingerprint density at radius 2 is 1.76 bits per heavy atom. The molecule has 29 heavy (non-hydrogen) atoms. The van der Waals surface area contributed by atoms with Crippen molar-refractivity contribution in [1.82, 2.24) is 9.88 Å². The molecule has 1 aromatic heterocycles. The fourth-order valence-electron chi connectivity index (χ4n) is 3.22. The van der Waals surface area contributed by atoms with Gasteiger partial charge in [-0.25, -0.2) is 9.37 Å². The predicted octanol–water partition coefficient (Wildman–Crippen LogP) is 3.56. The number of fused-ring (bicyclic) bond motifs is 1. The molecule has 0 saturated carbocycles. The van der Waals surface area contributed by atoms with Crippen LogP contribution in [0.2, 0.25) is 0 Å². The topological polar surface area (TPSA) is 54.9 Å². The highest BCUT2D eigenvalue weighted by molar-refractivity contribution is 7.22. The third-order valence-corrected chi connectivity index (χ3v) is 5.84. The summed E-state index contributed by atoms with van der Waals surface area (Å²) in [5.41, 5.74) is 0.412. The minimum atomic E-state index is -0.301. The summed E-state index contributed by atoms with van der Waals surface area (Å²) < 4.78 is 25.7. The molecule has 8 heteroatoms. The van der Waals surface area contributed by atoms with Gasteiger partial charge in [-0.3, -0.25) is 4.79 Å². The largest absolute Gasteiger partial charge is 0.494 e. The summed E-state index contributed by atoms with van der Waals surface area (Å²) >= 11 is 1.48. The van der Waals surface area contributed by atoms with Crippen LogP contribution in [0.5, 0.6) is 11.5 Å². The Bertz CT molecular complexity index is 985. The Balaban J connectivity index is 1.29. The first-order chi connectivity index (χ1) is 14.1. The van der Waals surface area contributed by atoms with E-state index in [4.69, 9.17) is 9.47 Å². The van der Waals surface area contributed by atoms with Gasteiger partial charge < -0.3 is 19.3 Å². The average molecular weight is 415 g/mol. The summed E-state index contributed by atoms with van der Waals surface area (Å²) in [6.07, 6.45) is 0. The lowest BCUT2D eigenvalue weighted by atomic mass is 10.3. The van der Waals surface area contributed by atoms with Crippen molar-refractivity contribution in [2.45, 2.75) is 6.92 Å². The number of nitrogens with zero attached hydrogens (tertiary/aromatic N) is 3. The molecule has 0 atom stereocenters. The first-order valence-corrected chi connectivity index (χ1v) is 10.4. The van der Waals surface area contributed by atoms with Crippen LogP contribution in [-0.2, 0) is 4.79 Å². The van der Waals surface area contributed by atoms with Crippen molar-refractivity contribution in [2.75, 3.05) is 44.3 Å². The number of thiazole rings is 1. The Labute approximate surface area is 172 Å². The lowest BCUT2D eigenvalue weighted by molar-refractivity contribution is -0.133. The Morgan fingerprint density at radius 1 is 1.07 bits per heavy atom. The van der Waals surface area contributed by atoms with Crippen molar-refractivity contribution >= 4 is 32.6 Å². The van der Waals surface area contributed by atoms with Crippen LogP contribution < -0.4 is 14.4 Å². The van der Waals surface area contributed by atoms with Gasteiger partial charge in [0.05, 0.1) is 11.3 Å². The minimum absolute atomic E-state index is 0.000328. The number of para-hydroxylation sites is 1. The molecule has 1 amide bonds. The van der Waals surface area contributed by atoms with Gasteiger partial charge in [-0.1, -0.05) is 17.4 Å². The summed E-state index contributed by atoms with van der Waals surface area (Å²) in [6, 6.07) is 12.2. The zero-order valence-electron chi connectivity index (χ0n) is 16.1. The molecule has 152 valence electrons. The third-order valence-electron chi connectivity index (χ3n) is 4.76. The number of carbonyl (C=O) groups excluding carboxylic acids is 1. The van der Waals surface area contributed by atoms with E-state index in [1.165, 1.54) is 17.4 Å². The first-order valence-electron chi connectivity index (χ1n) is 9.57. The molecule has 4 rings (SSSR count). The normalized spacial score (nSPS) is 14.3. The number of benzene rings is 2. The monoisotopic (exact) mass is 415 g/mol. The van der Waals surface area contributed by atoms with Crippen LogP contribution in [0.15, 0.2) is 42.5 Å². The van der Waals surface area contributed by atoms with Gasteiger partial charge in [0.1, 0.15) is 22.8 Å². The molecule has 1 fully saturated rings. The van der Waals surface area contributed by atoms with Gasteiger partial charge in [-0.15, -0.1) is 0 Å². The van der Waals surface area contributed by atoms with E-state index < -0.39 is 0 Å². The lowest BCUT2D eigenvalue weighted by Gasteiger charge is -2.34. The van der Waals surface area contributed by atoms with Gasteiger partial charge in [0, 0.05) is 26.2 Å². The molecule has 0 N–H and O–H groups in total. The molecular formula is C21H22FN3O3S. The van der Waals surface area contributed by atoms with E-state index in [2.05, 4.69) is 9.88 Å².